The Kier molecular flexibility index (Phi) is 6.68. The van der Waals surface area contributed by atoms with Gasteiger partial charge in [0.2, 0.25) is 0 Å². The fourth-order valence-electron chi connectivity index (χ4n) is 1.44. The standard InChI is InChI=1S/C15H20O4/c1-12(2)11-18-9-3-4-10-19-14-7-5-13(6-8-14)15(16)17/h5-8H,1,3-4,9-11H2,2H3,(H,16,17). The smallest absolute Gasteiger partial charge is 0.335 e. The molecule has 0 amide bonds. The predicted octanol–water partition coefficient (Wildman–Crippen LogP) is 3.14. The molecular formula is C15H20O4. The highest BCUT2D eigenvalue weighted by molar-refractivity contribution is 5.87. The summed E-state index contributed by atoms with van der Waals surface area (Å²) in [7, 11) is 0. The van der Waals surface area contributed by atoms with E-state index in [-0.39, 0.29) is 5.56 Å². The molecule has 0 unspecified atom stereocenters. The Morgan fingerprint density at radius 1 is 1.21 bits per heavy atom. The van der Waals surface area contributed by atoms with Crippen molar-refractivity contribution in [3.63, 3.8) is 0 Å². The molecule has 0 aliphatic rings. The summed E-state index contributed by atoms with van der Waals surface area (Å²) in [5.74, 6) is -0.242. The first-order valence-corrected chi connectivity index (χ1v) is 6.28. The van der Waals surface area contributed by atoms with Gasteiger partial charge in [-0.3, -0.25) is 0 Å². The van der Waals surface area contributed by atoms with Gasteiger partial charge in [-0.05, 0) is 44.0 Å². The number of aromatic carboxylic acids is 1. The molecule has 19 heavy (non-hydrogen) atoms. The third-order valence-corrected chi connectivity index (χ3v) is 2.40. The van der Waals surface area contributed by atoms with E-state index < -0.39 is 5.97 Å². The Hall–Kier alpha value is -1.81. The Labute approximate surface area is 113 Å². The Bertz CT molecular complexity index is 409. The molecule has 0 heterocycles. The van der Waals surface area contributed by atoms with Crippen molar-refractivity contribution >= 4 is 5.97 Å². The third-order valence-electron chi connectivity index (χ3n) is 2.40. The average Bonchev–Trinajstić information content (AvgIpc) is 2.38. The minimum Gasteiger partial charge on any atom is -0.494 e. The molecule has 1 aromatic carbocycles. The zero-order valence-electron chi connectivity index (χ0n) is 11.2. The summed E-state index contributed by atoms with van der Waals surface area (Å²) in [6.07, 6.45) is 1.83. The molecule has 1 N–H and O–H groups in total. The van der Waals surface area contributed by atoms with Gasteiger partial charge in [-0.2, -0.15) is 0 Å². The number of unbranched alkanes of at least 4 members (excludes halogenated alkanes) is 1. The highest BCUT2D eigenvalue weighted by atomic mass is 16.5. The number of rotatable bonds is 9. The highest BCUT2D eigenvalue weighted by Crippen LogP contribution is 2.12. The van der Waals surface area contributed by atoms with Crippen LogP contribution in [0.4, 0.5) is 0 Å². The molecule has 0 fully saturated rings. The van der Waals surface area contributed by atoms with E-state index >= 15 is 0 Å². The van der Waals surface area contributed by atoms with Gasteiger partial charge in [-0.25, -0.2) is 4.79 Å². The second kappa shape index (κ2) is 8.32. The van der Waals surface area contributed by atoms with E-state index in [4.69, 9.17) is 14.6 Å². The molecule has 4 heteroatoms. The van der Waals surface area contributed by atoms with Crippen LogP contribution in [0.2, 0.25) is 0 Å². The van der Waals surface area contributed by atoms with Crippen LogP contribution in [0.1, 0.15) is 30.1 Å². The van der Waals surface area contributed by atoms with Gasteiger partial charge < -0.3 is 14.6 Å². The summed E-state index contributed by atoms with van der Waals surface area (Å²) in [5.41, 5.74) is 1.29. The number of hydrogen-bond acceptors (Lipinski definition) is 3. The van der Waals surface area contributed by atoms with Crippen molar-refractivity contribution in [3.05, 3.63) is 42.0 Å². The molecule has 0 radical (unpaired) electrons. The summed E-state index contributed by atoms with van der Waals surface area (Å²) < 4.78 is 10.9. The van der Waals surface area contributed by atoms with Crippen LogP contribution >= 0.6 is 0 Å². The Morgan fingerprint density at radius 3 is 2.42 bits per heavy atom. The fraction of sp³-hybridized carbons (Fsp3) is 0.400. The quantitative estimate of drug-likeness (QED) is 0.550. The summed E-state index contributed by atoms with van der Waals surface area (Å²) in [6, 6.07) is 6.41. The molecule has 1 aromatic rings. The van der Waals surface area contributed by atoms with Gasteiger partial charge in [0.05, 0.1) is 18.8 Å². The SMILES string of the molecule is C=C(C)COCCCCOc1ccc(C(=O)O)cc1. The zero-order valence-corrected chi connectivity index (χ0v) is 11.2. The maximum Gasteiger partial charge on any atom is 0.335 e. The lowest BCUT2D eigenvalue weighted by atomic mass is 10.2. The molecule has 0 aromatic heterocycles. The molecule has 0 aliphatic heterocycles. The molecule has 0 aliphatic carbocycles. The van der Waals surface area contributed by atoms with Gasteiger partial charge in [0.15, 0.2) is 0 Å². The van der Waals surface area contributed by atoms with E-state index in [1.54, 1.807) is 12.1 Å². The van der Waals surface area contributed by atoms with E-state index in [0.29, 0.717) is 25.6 Å². The van der Waals surface area contributed by atoms with Crippen molar-refractivity contribution in [3.8, 4) is 5.75 Å². The second-order valence-corrected chi connectivity index (χ2v) is 4.39. The first kappa shape index (κ1) is 15.2. The van der Waals surface area contributed by atoms with Crippen LogP contribution in [0.15, 0.2) is 36.4 Å². The summed E-state index contributed by atoms with van der Waals surface area (Å²) in [5, 5.41) is 8.75. The Balaban J connectivity index is 2.12. The highest BCUT2D eigenvalue weighted by Gasteiger charge is 2.01. The van der Waals surface area contributed by atoms with Crippen LogP contribution in [0.3, 0.4) is 0 Å². The van der Waals surface area contributed by atoms with Crippen LogP contribution in [-0.4, -0.2) is 30.9 Å². The lowest BCUT2D eigenvalue weighted by Gasteiger charge is -2.07. The van der Waals surface area contributed by atoms with E-state index in [2.05, 4.69) is 6.58 Å². The molecule has 0 saturated heterocycles. The molecule has 0 bridgehead atoms. The van der Waals surface area contributed by atoms with Crippen molar-refractivity contribution in [1.82, 2.24) is 0 Å². The lowest BCUT2D eigenvalue weighted by molar-refractivity contribution is 0.0697. The number of hydrogen-bond donors (Lipinski definition) is 1. The van der Waals surface area contributed by atoms with E-state index in [1.807, 2.05) is 6.92 Å². The van der Waals surface area contributed by atoms with Crippen molar-refractivity contribution in [1.29, 1.82) is 0 Å². The summed E-state index contributed by atoms with van der Waals surface area (Å²) in [6.45, 7) is 7.60. The number of carboxylic acids is 1. The zero-order chi connectivity index (χ0) is 14.1. The van der Waals surface area contributed by atoms with Gasteiger partial charge in [0.25, 0.3) is 0 Å². The molecule has 4 nitrogen and oxygen atoms in total. The van der Waals surface area contributed by atoms with Crippen molar-refractivity contribution in [2.75, 3.05) is 19.8 Å². The molecular weight excluding hydrogens is 244 g/mol. The second-order valence-electron chi connectivity index (χ2n) is 4.39. The number of benzene rings is 1. The first-order chi connectivity index (χ1) is 9.09. The molecule has 0 saturated carbocycles. The van der Waals surface area contributed by atoms with Crippen molar-refractivity contribution in [2.45, 2.75) is 19.8 Å². The van der Waals surface area contributed by atoms with E-state index in [9.17, 15) is 4.79 Å². The van der Waals surface area contributed by atoms with Crippen molar-refractivity contribution < 1.29 is 19.4 Å². The normalized spacial score (nSPS) is 10.2. The minimum atomic E-state index is -0.929. The number of carboxylic acid groups (broad SMARTS) is 1. The van der Waals surface area contributed by atoms with Gasteiger partial charge in [-0.1, -0.05) is 12.2 Å². The monoisotopic (exact) mass is 264 g/mol. The van der Waals surface area contributed by atoms with Crippen molar-refractivity contribution in [2.24, 2.45) is 0 Å². The maximum absolute atomic E-state index is 10.7. The molecule has 104 valence electrons. The molecule has 1 rings (SSSR count). The topological polar surface area (TPSA) is 55.8 Å². The van der Waals surface area contributed by atoms with Gasteiger partial charge in [0.1, 0.15) is 5.75 Å². The predicted molar refractivity (Wildman–Crippen MR) is 73.8 cm³/mol. The first-order valence-electron chi connectivity index (χ1n) is 6.28. The van der Waals surface area contributed by atoms with Gasteiger partial charge in [-0.15, -0.1) is 0 Å². The van der Waals surface area contributed by atoms with E-state index in [0.717, 1.165) is 18.4 Å². The molecule has 0 spiro atoms. The van der Waals surface area contributed by atoms with Crippen LogP contribution in [0, 0.1) is 0 Å². The Morgan fingerprint density at radius 2 is 1.84 bits per heavy atom. The van der Waals surface area contributed by atoms with E-state index in [1.165, 1.54) is 12.1 Å². The average molecular weight is 264 g/mol. The third kappa shape index (κ3) is 6.62. The van der Waals surface area contributed by atoms with Crippen LogP contribution in [0.25, 0.3) is 0 Å². The van der Waals surface area contributed by atoms with Gasteiger partial charge >= 0.3 is 5.97 Å². The maximum atomic E-state index is 10.7. The van der Waals surface area contributed by atoms with Crippen LogP contribution < -0.4 is 4.74 Å². The lowest BCUT2D eigenvalue weighted by Crippen LogP contribution is -2.02. The number of carbonyl (C=O) groups is 1. The van der Waals surface area contributed by atoms with Crippen LogP contribution in [-0.2, 0) is 4.74 Å². The largest absolute Gasteiger partial charge is 0.494 e. The summed E-state index contributed by atoms with van der Waals surface area (Å²) in [4.78, 5) is 10.7. The minimum absolute atomic E-state index is 0.264. The fourth-order valence-corrected chi connectivity index (χ4v) is 1.44. The molecule has 0 atom stereocenters. The van der Waals surface area contributed by atoms with Gasteiger partial charge in [0, 0.05) is 6.61 Å². The summed E-state index contributed by atoms with van der Waals surface area (Å²) >= 11 is 0. The number of ether oxygens (including phenoxy) is 2. The van der Waals surface area contributed by atoms with Crippen LogP contribution in [0.5, 0.6) is 5.75 Å².